The van der Waals surface area contributed by atoms with Crippen LogP contribution in [0.25, 0.3) is 10.9 Å². The summed E-state index contributed by atoms with van der Waals surface area (Å²) in [7, 11) is 0. The lowest BCUT2D eigenvalue weighted by molar-refractivity contribution is 0.0977. The molecule has 3 N–H and O–H groups in total. The van der Waals surface area contributed by atoms with E-state index in [4.69, 9.17) is 21.1 Å². The molecular weight excluding hydrogens is 452 g/mol. The molecule has 34 heavy (non-hydrogen) atoms. The Kier molecular flexibility index (Phi) is 6.35. The Balaban J connectivity index is 1.35. The van der Waals surface area contributed by atoms with Crippen LogP contribution >= 0.6 is 11.6 Å². The quantitative estimate of drug-likeness (QED) is 0.279. The fourth-order valence-electron chi connectivity index (χ4n) is 3.78. The molecule has 4 aromatic rings. The molecular formula is C26H23ClN4O3. The lowest BCUT2D eigenvalue weighted by Gasteiger charge is -2.19. The highest BCUT2D eigenvalue weighted by Crippen LogP contribution is 2.32. The topological polar surface area (TPSA) is 87.7 Å². The van der Waals surface area contributed by atoms with Crippen molar-refractivity contribution in [3.8, 4) is 11.5 Å². The number of H-pyrrole nitrogens is 1. The minimum atomic E-state index is -0.285. The molecule has 0 radical (unpaired) electrons. The van der Waals surface area contributed by atoms with Gasteiger partial charge in [0.1, 0.15) is 13.2 Å². The molecule has 8 heteroatoms. The van der Waals surface area contributed by atoms with Gasteiger partial charge in [-0.15, -0.1) is 0 Å². The standard InChI is InChI=1S/C26H23ClN4O3/c27-19-7-5-17(6-8-19)25(32)31-26(30-20-9-10-23-24(15-20)34-14-13-33-23)28-12-11-18-16-29-22-4-2-1-3-21(18)22/h1-10,15-16,29H,11-14H2,(H2,28,30,31,32). The van der Waals surface area contributed by atoms with Crippen LogP contribution in [0.5, 0.6) is 11.5 Å². The van der Waals surface area contributed by atoms with Crippen molar-refractivity contribution in [2.75, 3.05) is 25.1 Å². The fraction of sp³-hybridized carbons (Fsp3) is 0.154. The number of hydrogen-bond acceptors (Lipinski definition) is 4. The van der Waals surface area contributed by atoms with Crippen molar-refractivity contribution in [3.63, 3.8) is 0 Å². The molecule has 5 rings (SSSR count). The number of hydrogen-bond donors (Lipinski definition) is 3. The van der Waals surface area contributed by atoms with E-state index in [1.807, 2.05) is 42.6 Å². The van der Waals surface area contributed by atoms with E-state index in [1.165, 1.54) is 10.9 Å². The third kappa shape index (κ3) is 5.00. The smallest absolute Gasteiger partial charge is 0.257 e. The van der Waals surface area contributed by atoms with Gasteiger partial charge in [0.15, 0.2) is 11.5 Å². The van der Waals surface area contributed by atoms with Gasteiger partial charge in [0, 0.05) is 46.0 Å². The minimum Gasteiger partial charge on any atom is -0.486 e. The summed E-state index contributed by atoms with van der Waals surface area (Å²) in [5.74, 6) is 1.40. The van der Waals surface area contributed by atoms with Crippen LogP contribution in [0.4, 0.5) is 5.69 Å². The number of carbonyl (C=O) groups is 1. The normalized spacial score (nSPS) is 13.0. The average molecular weight is 475 g/mol. The van der Waals surface area contributed by atoms with E-state index in [0.717, 1.165) is 11.2 Å². The monoisotopic (exact) mass is 474 g/mol. The fourth-order valence-corrected chi connectivity index (χ4v) is 3.90. The summed E-state index contributed by atoms with van der Waals surface area (Å²) in [6, 6.07) is 20.4. The van der Waals surface area contributed by atoms with Gasteiger partial charge in [0.05, 0.1) is 0 Å². The maximum absolute atomic E-state index is 12.8. The van der Waals surface area contributed by atoms with Gasteiger partial charge in [-0.25, -0.2) is 0 Å². The molecule has 7 nitrogen and oxygen atoms in total. The molecule has 1 amide bonds. The highest BCUT2D eigenvalue weighted by molar-refractivity contribution is 6.30. The van der Waals surface area contributed by atoms with Crippen molar-refractivity contribution in [1.82, 2.24) is 10.3 Å². The zero-order chi connectivity index (χ0) is 23.3. The Morgan fingerprint density at radius 2 is 1.79 bits per heavy atom. The van der Waals surface area contributed by atoms with Crippen LogP contribution in [-0.4, -0.2) is 36.6 Å². The Morgan fingerprint density at radius 1 is 1.00 bits per heavy atom. The number of carbonyl (C=O) groups excluding carboxylic acids is 1. The molecule has 0 unspecified atom stereocenters. The third-order valence-electron chi connectivity index (χ3n) is 5.47. The van der Waals surface area contributed by atoms with Crippen LogP contribution in [0.2, 0.25) is 5.02 Å². The first-order valence-electron chi connectivity index (χ1n) is 11.0. The molecule has 3 aromatic carbocycles. The molecule has 0 aliphatic carbocycles. The van der Waals surface area contributed by atoms with Gasteiger partial charge in [-0.2, -0.15) is 0 Å². The van der Waals surface area contributed by atoms with Crippen molar-refractivity contribution >= 4 is 40.1 Å². The first kappa shape index (κ1) is 21.9. The number of aliphatic imine (C=N–C) groups is 1. The van der Waals surface area contributed by atoms with Gasteiger partial charge in [-0.1, -0.05) is 29.8 Å². The van der Waals surface area contributed by atoms with Crippen molar-refractivity contribution in [2.24, 2.45) is 4.99 Å². The Labute approximate surface area is 201 Å². The first-order chi connectivity index (χ1) is 16.7. The van der Waals surface area contributed by atoms with Crippen LogP contribution in [0.1, 0.15) is 15.9 Å². The van der Waals surface area contributed by atoms with Gasteiger partial charge in [-0.05, 0) is 54.4 Å². The number of nitrogens with zero attached hydrogens (tertiary/aromatic N) is 1. The summed E-state index contributed by atoms with van der Waals surface area (Å²) in [4.78, 5) is 20.8. The number of para-hydroxylation sites is 1. The number of aromatic nitrogens is 1. The van der Waals surface area contributed by atoms with Gasteiger partial charge in [0.2, 0.25) is 5.96 Å². The van der Waals surface area contributed by atoms with E-state index < -0.39 is 0 Å². The summed E-state index contributed by atoms with van der Waals surface area (Å²) in [5.41, 5.74) is 3.47. The second-order valence-corrected chi connectivity index (χ2v) is 8.22. The Bertz CT molecular complexity index is 1350. The molecule has 1 aromatic heterocycles. The Morgan fingerprint density at radius 3 is 2.65 bits per heavy atom. The van der Waals surface area contributed by atoms with E-state index >= 15 is 0 Å². The van der Waals surface area contributed by atoms with Crippen LogP contribution in [0.3, 0.4) is 0 Å². The minimum absolute atomic E-state index is 0.285. The van der Waals surface area contributed by atoms with Crippen LogP contribution < -0.4 is 20.1 Å². The van der Waals surface area contributed by atoms with Crippen LogP contribution in [0, 0.1) is 0 Å². The first-order valence-corrected chi connectivity index (χ1v) is 11.4. The zero-order valence-corrected chi connectivity index (χ0v) is 19.1. The number of halogens is 1. The second kappa shape index (κ2) is 9.89. The van der Waals surface area contributed by atoms with Crippen molar-refractivity contribution in [2.45, 2.75) is 6.42 Å². The van der Waals surface area contributed by atoms with E-state index in [-0.39, 0.29) is 5.91 Å². The average Bonchev–Trinajstić information content (AvgIpc) is 3.27. The number of benzene rings is 3. The number of nitrogens with one attached hydrogen (secondary N) is 3. The largest absolute Gasteiger partial charge is 0.486 e. The zero-order valence-electron chi connectivity index (χ0n) is 18.3. The number of anilines is 1. The number of guanidine groups is 1. The number of amides is 1. The van der Waals surface area contributed by atoms with Gasteiger partial charge < -0.3 is 19.8 Å². The summed E-state index contributed by atoms with van der Waals surface area (Å²) >= 11 is 5.95. The maximum Gasteiger partial charge on any atom is 0.257 e. The lowest BCUT2D eigenvalue weighted by atomic mass is 10.1. The van der Waals surface area contributed by atoms with E-state index in [2.05, 4.69) is 26.7 Å². The van der Waals surface area contributed by atoms with E-state index in [1.54, 1.807) is 24.3 Å². The highest BCUT2D eigenvalue weighted by Gasteiger charge is 2.14. The van der Waals surface area contributed by atoms with Crippen molar-refractivity contribution in [3.05, 3.63) is 89.1 Å². The molecule has 0 saturated carbocycles. The molecule has 0 spiro atoms. The highest BCUT2D eigenvalue weighted by atomic mass is 35.5. The van der Waals surface area contributed by atoms with Gasteiger partial charge in [-0.3, -0.25) is 15.1 Å². The summed E-state index contributed by atoms with van der Waals surface area (Å²) in [6.45, 7) is 1.50. The van der Waals surface area contributed by atoms with Crippen molar-refractivity contribution in [1.29, 1.82) is 0 Å². The summed E-state index contributed by atoms with van der Waals surface area (Å²) in [6.07, 6.45) is 2.72. The molecule has 0 fully saturated rings. The summed E-state index contributed by atoms with van der Waals surface area (Å²) in [5, 5.41) is 7.82. The number of rotatable bonds is 5. The molecule has 2 heterocycles. The summed E-state index contributed by atoms with van der Waals surface area (Å²) < 4.78 is 11.3. The van der Waals surface area contributed by atoms with Crippen LogP contribution in [-0.2, 0) is 6.42 Å². The van der Waals surface area contributed by atoms with Gasteiger partial charge >= 0.3 is 0 Å². The SMILES string of the molecule is O=C(NC(=NCCc1c[nH]c2ccccc12)Nc1ccc2c(c1)OCCO2)c1ccc(Cl)cc1. The van der Waals surface area contributed by atoms with Crippen LogP contribution in [0.15, 0.2) is 77.9 Å². The Hall–Kier alpha value is -3.97. The maximum atomic E-state index is 12.8. The predicted molar refractivity (Wildman–Crippen MR) is 134 cm³/mol. The molecule has 0 bridgehead atoms. The van der Waals surface area contributed by atoms with Gasteiger partial charge in [0.25, 0.3) is 5.91 Å². The number of ether oxygens (including phenoxy) is 2. The van der Waals surface area contributed by atoms with Crippen molar-refractivity contribution < 1.29 is 14.3 Å². The molecule has 1 aliphatic heterocycles. The molecule has 172 valence electrons. The van der Waals surface area contributed by atoms with E-state index in [9.17, 15) is 4.79 Å². The lowest BCUT2D eigenvalue weighted by Crippen LogP contribution is -2.36. The number of fused-ring (bicyclic) bond motifs is 2. The molecule has 0 atom stereocenters. The third-order valence-corrected chi connectivity index (χ3v) is 5.72. The predicted octanol–water partition coefficient (Wildman–Crippen LogP) is 5.03. The molecule has 1 aliphatic rings. The number of aromatic amines is 1. The second-order valence-electron chi connectivity index (χ2n) is 7.78. The van der Waals surface area contributed by atoms with E-state index in [0.29, 0.717) is 54.2 Å². The molecule has 0 saturated heterocycles.